The SMILES string of the molecule is COC(C)(CCC=C(C)C)OC. The third-order valence-electron chi connectivity index (χ3n) is 2.01. The summed E-state index contributed by atoms with van der Waals surface area (Å²) in [5, 5.41) is 0. The summed E-state index contributed by atoms with van der Waals surface area (Å²) in [6, 6.07) is 0. The fourth-order valence-electron chi connectivity index (χ4n) is 0.910. The van der Waals surface area contributed by atoms with Crippen molar-refractivity contribution < 1.29 is 9.47 Å². The lowest BCUT2D eigenvalue weighted by atomic mass is 10.1. The third-order valence-corrected chi connectivity index (χ3v) is 2.01. The molecule has 0 aromatic heterocycles. The first-order valence-corrected chi connectivity index (χ1v) is 4.28. The molecule has 72 valence electrons. The van der Waals surface area contributed by atoms with Gasteiger partial charge in [0, 0.05) is 20.6 Å². The molecule has 0 aliphatic rings. The van der Waals surface area contributed by atoms with Crippen molar-refractivity contribution in [1.82, 2.24) is 0 Å². The van der Waals surface area contributed by atoms with Crippen LogP contribution in [0.3, 0.4) is 0 Å². The van der Waals surface area contributed by atoms with Gasteiger partial charge in [-0.2, -0.15) is 0 Å². The Balaban J connectivity index is 3.81. The van der Waals surface area contributed by atoms with Gasteiger partial charge in [0.2, 0.25) is 0 Å². The number of hydrogen-bond donors (Lipinski definition) is 0. The summed E-state index contributed by atoms with van der Waals surface area (Å²) < 4.78 is 10.4. The van der Waals surface area contributed by atoms with Crippen LogP contribution in [0, 0.1) is 0 Å². The van der Waals surface area contributed by atoms with Crippen molar-refractivity contribution in [1.29, 1.82) is 0 Å². The molecule has 0 heterocycles. The highest BCUT2D eigenvalue weighted by atomic mass is 16.7. The Morgan fingerprint density at radius 2 is 1.75 bits per heavy atom. The maximum absolute atomic E-state index is 5.22. The summed E-state index contributed by atoms with van der Waals surface area (Å²) in [4.78, 5) is 0. The fourth-order valence-corrected chi connectivity index (χ4v) is 0.910. The summed E-state index contributed by atoms with van der Waals surface area (Å²) in [6.07, 6.45) is 4.09. The van der Waals surface area contributed by atoms with E-state index in [0.717, 1.165) is 12.8 Å². The van der Waals surface area contributed by atoms with Gasteiger partial charge in [0.25, 0.3) is 0 Å². The molecule has 0 aromatic rings. The Morgan fingerprint density at radius 1 is 1.25 bits per heavy atom. The lowest BCUT2D eigenvalue weighted by Gasteiger charge is -2.25. The van der Waals surface area contributed by atoms with Crippen LogP contribution in [0.2, 0.25) is 0 Å². The van der Waals surface area contributed by atoms with Gasteiger partial charge in [-0.3, -0.25) is 0 Å². The second-order valence-corrected chi connectivity index (χ2v) is 3.36. The predicted molar refractivity (Wildman–Crippen MR) is 51.1 cm³/mol. The highest BCUT2D eigenvalue weighted by Crippen LogP contribution is 2.17. The highest BCUT2D eigenvalue weighted by Gasteiger charge is 2.20. The van der Waals surface area contributed by atoms with Gasteiger partial charge in [0.1, 0.15) is 0 Å². The molecule has 0 rings (SSSR count). The minimum absolute atomic E-state index is 0.425. The zero-order chi connectivity index (χ0) is 9.61. The minimum Gasteiger partial charge on any atom is -0.353 e. The van der Waals surface area contributed by atoms with Crippen LogP contribution in [0.25, 0.3) is 0 Å². The molecule has 0 saturated carbocycles. The van der Waals surface area contributed by atoms with Gasteiger partial charge in [0.15, 0.2) is 5.79 Å². The van der Waals surface area contributed by atoms with E-state index < -0.39 is 5.79 Å². The van der Waals surface area contributed by atoms with Gasteiger partial charge in [0.05, 0.1) is 0 Å². The summed E-state index contributed by atoms with van der Waals surface area (Å²) in [7, 11) is 3.35. The monoisotopic (exact) mass is 172 g/mol. The third kappa shape index (κ3) is 4.52. The molecule has 0 N–H and O–H groups in total. The van der Waals surface area contributed by atoms with Crippen molar-refractivity contribution in [2.45, 2.75) is 39.4 Å². The van der Waals surface area contributed by atoms with Crippen LogP contribution in [-0.4, -0.2) is 20.0 Å². The Kier molecular flexibility index (Phi) is 5.18. The van der Waals surface area contributed by atoms with Crippen molar-refractivity contribution >= 4 is 0 Å². The number of methoxy groups -OCH3 is 2. The molecular weight excluding hydrogens is 152 g/mol. The fraction of sp³-hybridized carbons (Fsp3) is 0.800. The first-order valence-electron chi connectivity index (χ1n) is 4.28. The largest absolute Gasteiger partial charge is 0.353 e. The molecule has 12 heavy (non-hydrogen) atoms. The van der Waals surface area contributed by atoms with E-state index in [0.29, 0.717) is 0 Å². The molecule has 0 saturated heterocycles. The number of hydrogen-bond acceptors (Lipinski definition) is 2. The first-order chi connectivity index (χ1) is 5.54. The van der Waals surface area contributed by atoms with Crippen LogP contribution < -0.4 is 0 Å². The average molecular weight is 172 g/mol. The van der Waals surface area contributed by atoms with Gasteiger partial charge in [-0.05, 0) is 27.2 Å². The normalized spacial score (nSPS) is 11.4. The Morgan fingerprint density at radius 3 is 2.08 bits per heavy atom. The zero-order valence-corrected chi connectivity index (χ0v) is 8.81. The summed E-state index contributed by atoms with van der Waals surface area (Å²) in [5.41, 5.74) is 1.34. The molecule has 0 unspecified atom stereocenters. The van der Waals surface area contributed by atoms with E-state index in [1.807, 2.05) is 6.92 Å². The standard InChI is InChI=1S/C10H20O2/c1-9(2)7-6-8-10(3,11-4)12-5/h7H,6,8H2,1-5H3. The molecule has 0 aliphatic carbocycles. The molecule has 0 spiro atoms. The highest BCUT2D eigenvalue weighted by molar-refractivity contribution is 4.93. The van der Waals surface area contributed by atoms with Crippen LogP contribution >= 0.6 is 0 Å². The van der Waals surface area contributed by atoms with Crippen LogP contribution in [-0.2, 0) is 9.47 Å². The van der Waals surface area contributed by atoms with Crippen molar-refractivity contribution in [2.75, 3.05) is 14.2 Å². The lowest BCUT2D eigenvalue weighted by molar-refractivity contribution is -0.196. The first kappa shape index (κ1) is 11.7. The van der Waals surface area contributed by atoms with Gasteiger partial charge in [-0.15, -0.1) is 0 Å². The number of allylic oxidation sites excluding steroid dienone is 2. The van der Waals surface area contributed by atoms with Gasteiger partial charge in [-0.1, -0.05) is 11.6 Å². The van der Waals surface area contributed by atoms with Crippen LogP contribution in [0.1, 0.15) is 33.6 Å². The molecular formula is C10H20O2. The number of ether oxygens (including phenoxy) is 2. The van der Waals surface area contributed by atoms with Gasteiger partial charge >= 0.3 is 0 Å². The summed E-state index contributed by atoms with van der Waals surface area (Å²) >= 11 is 0. The molecule has 2 nitrogen and oxygen atoms in total. The molecule has 2 heteroatoms. The number of rotatable bonds is 5. The van der Waals surface area contributed by atoms with Crippen LogP contribution in [0.5, 0.6) is 0 Å². The summed E-state index contributed by atoms with van der Waals surface area (Å²) in [6.45, 7) is 6.14. The second kappa shape index (κ2) is 5.33. The molecule has 0 bridgehead atoms. The van der Waals surface area contributed by atoms with Crippen molar-refractivity contribution in [3.63, 3.8) is 0 Å². The van der Waals surface area contributed by atoms with E-state index in [1.165, 1.54) is 5.57 Å². The maximum Gasteiger partial charge on any atom is 0.165 e. The Labute approximate surface area is 75.6 Å². The predicted octanol–water partition coefficient (Wildman–Crippen LogP) is 2.74. The maximum atomic E-state index is 5.22. The van der Waals surface area contributed by atoms with E-state index in [2.05, 4.69) is 19.9 Å². The van der Waals surface area contributed by atoms with Crippen LogP contribution in [0.4, 0.5) is 0 Å². The van der Waals surface area contributed by atoms with E-state index in [4.69, 9.17) is 9.47 Å². The summed E-state index contributed by atoms with van der Waals surface area (Å²) in [5.74, 6) is -0.425. The molecule has 0 radical (unpaired) electrons. The molecule has 0 aliphatic heterocycles. The second-order valence-electron chi connectivity index (χ2n) is 3.36. The molecule has 0 fully saturated rings. The van der Waals surface area contributed by atoms with E-state index in [-0.39, 0.29) is 0 Å². The smallest absolute Gasteiger partial charge is 0.165 e. The van der Waals surface area contributed by atoms with Crippen molar-refractivity contribution in [2.24, 2.45) is 0 Å². The zero-order valence-electron chi connectivity index (χ0n) is 8.81. The van der Waals surface area contributed by atoms with Gasteiger partial charge in [-0.25, -0.2) is 0 Å². The van der Waals surface area contributed by atoms with E-state index in [9.17, 15) is 0 Å². The lowest BCUT2D eigenvalue weighted by Crippen LogP contribution is -2.29. The van der Waals surface area contributed by atoms with Crippen molar-refractivity contribution in [3.05, 3.63) is 11.6 Å². The van der Waals surface area contributed by atoms with Crippen LogP contribution in [0.15, 0.2) is 11.6 Å². The van der Waals surface area contributed by atoms with Crippen molar-refractivity contribution in [3.8, 4) is 0 Å². The molecule has 0 amide bonds. The van der Waals surface area contributed by atoms with Gasteiger partial charge < -0.3 is 9.47 Å². The Bertz CT molecular complexity index is 142. The minimum atomic E-state index is -0.425. The quantitative estimate of drug-likeness (QED) is 0.469. The van der Waals surface area contributed by atoms with E-state index in [1.54, 1.807) is 14.2 Å². The molecule has 0 aromatic carbocycles. The topological polar surface area (TPSA) is 18.5 Å². The average Bonchev–Trinajstić information content (AvgIpc) is 2.03. The Hall–Kier alpha value is -0.340. The van der Waals surface area contributed by atoms with E-state index >= 15 is 0 Å². The molecule has 0 atom stereocenters.